The highest BCUT2D eigenvalue weighted by atomic mass is 35.5. The van der Waals surface area contributed by atoms with Gasteiger partial charge < -0.3 is 19.4 Å². The smallest absolute Gasteiger partial charge is 0.318 e. The number of aryl methyl sites for hydroxylation is 1. The number of nitrogens with zero attached hydrogens (tertiary/aromatic N) is 6. The SMILES string of the molecule is C=C(F)C(=O)N1CCN(c2nc(OCC3CCCN3C)nc([C@H](C)CCc3ccccc3Cl)c2CCC)CC1CC#N.CC.CC. The Labute approximate surface area is 281 Å². The Bertz CT molecular complexity index is 1300. The third-order valence-corrected chi connectivity index (χ3v) is 8.82. The van der Waals surface area contributed by atoms with Crippen LogP contribution in [0.15, 0.2) is 36.7 Å². The molecule has 0 aliphatic carbocycles. The molecule has 8 nitrogen and oxygen atoms in total. The molecule has 4 rings (SSSR count). The third-order valence-electron chi connectivity index (χ3n) is 8.45. The van der Waals surface area contributed by atoms with Crippen molar-refractivity contribution in [3.05, 3.63) is 58.5 Å². The molecule has 0 bridgehead atoms. The molecule has 3 heterocycles. The zero-order valence-corrected chi connectivity index (χ0v) is 29.7. The van der Waals surface area contributed by atoms with Gasteiger partial charge in [0.1, 0.15) is 12.4 Å². The highest BCUT2D eigenvalue weighted by Crippen LogP contribution is 2.34. The van der Waals surface area contributed by atoms with E-state index in [1.807, 2.05) is 45.9 Å². The Balaban J connectivity index is 0.00000177. The van der Waals surface area contributed by atoms with Crippen LogP contribution >= 0.6 is 11.6 Å². The zero-order chi connectivity index (χ0) is 34.2. The second kappa shape index (κ2) is 20.1. The number of ether oxygens (including phenoxy) is 1. The quantitative estimate of drug-likeness (QED) is 0.216. The topological polar surface area (TPSA) is 85.6 Å². The largest absolute Gasteiger partial charge is 0.462 e. The summed E-state index contributed by atoms with van der Waals surface area (Å²) >= 11 is 6.46. The van der Waals surface area contributed by atoms with Crippen LogP contribution in [0.5, 0.6) is 6.01 Å². The van der Waals surface area contributed by atoms with Crippen LogP contribution in [-0.2, 0) is 17.6 Å². The first-order valence-electron chi connectivity index (χ1n) is 17.0. The van der Waals surface area contributed by atoms with Crippen molar-refractivity contribution < 1.29 is 13.9 Å². The minimum atomic E-state index is -1.01. The van der Waals surface area contributed by atoms with Gasteiger partial charge in [0, 0.05) is 36.3 Å². The number of benzene rings is 1. The molecule has 0 N–H and O–H groups in total. The zero-order valence-electron chi connectivity index (χ0n) is 29.0. The number of anilines is 1. The molecule has 2 unspecified atom stereocenters. The minimum Gasteiger partial charge on any atom is -0.462 e. The van der Waals surface area contributed by atoms with E-state index in [9.17, 15) is 14.4 Å². The molecule has 2 saturated heterocycles. The summed E-state index contributed by atoms with van der Waals surface area (Å²) in [6.45, 7) is 18.1. The summed E-state index contributed by atoms with van der Waals surface area (Å²) in [5, 5.41) is 10.3. The highest BCUT2D eigenvalue weighted by molar-refractivity contribution is 6.31. The molecular formula is C36H54ClFN6O2. The summed E-state index contributed by atoms with van der Waals surface area (Å²) in [7, 11) is 2.11. The molecule has 46 heavy (non-hydrogen) atoms. The normalized spacial score (nSPS) is 18.4. The van der Waals surface area contributed by atoms with Crippen molar-refractivity contribution in [2.75, 3.05) is 44.7 Å². The van der Waals surface area contributed by atoms with Crippen LogP contribution in [0.2, 0.25) is 5.02 Å². The van der Waals surface area contributed by atoms with Crippen molar-refractivity contribution >= 4 is 23.3 Å². The van der Waals surface area contributed by atoms with E-state index in [2.05, 4.69) is 49.4 Å². The first-order valence-corrected chi connectivity index (χ1v) is 17.4. The number of carbonyl (C=O) groups excluding carboxylic acids is 1. The van der Waals surface area contributed by atoms with Crippen molar-refractivity contribution in [2.45, 2.75) is 104 Å². The molecule has 1 amide bonds. The third kappa shape index (κ3) is 10.4. The van der Waals surface area contributed by atoms with Crippen LogP contribution < -0.4 is 9.64 Å². The van der Waals surface area contributed by atoms with E-state index in [0.717, 1.165) is 72.7 Å². The van der Waals surface area contributed by atoms with Crippen LogP contribution in [0, 0.1) is 11.3 Å². The number of aromatic nitrogens is 2. The predicted octanol–water partition coefficient (Wildman–Crippen LogP) is 7.76. The van der Waals surface area contributed by atoms with Crippen molar-refractivity contribution in [3.63, 3.8) is 0 Å². The number of hydrogen-bond acceptors (Lipinski definition) is 7. The molecule has 1 aromatic carbocycles. The molecule has 2 aliphatic rings. The molecule has 0 radical (unpaired) electrons. The fourth-order valence-electron chi connectivity index (χ4n) is 6.01. The average Bonchev–Trinajstić information content (AvgIpc) is 3.49. The Morgan fingerprint density at radius 1 is 1.15 bits per heavy atom. The molecule has 2 aliphatic heterocycles. The van der Waals surface area contributed by atoms with Gasteiger partial charge in [-0.1, -0.05) is 84.3 Å². The van der Waals surface area contributed by atoms with Crippen molar-refractivity contribution in [2.24, 2.45) is 0 Å². The first-order chi connectivity index (χ1) is 22.2. The number of hydrogen-bond donors (Lipinski definition) is 0. The molecule has 3 atom stereocenters. The second-order valence-corrected chi connectivity index (χ2v) is 11.8. The maximum Gasteiger partial charge on any atom is 0.318 e. The van der Waals surface area contributed by atoms with E-state index in [1.165, 1.54) is 4.90 Å². The van der Waals surface area contributed by atoms with Crippen molar-refractivity contribution in [3.8, 4) is 12.1 Å². The number of piperazine rings is 1. The van der Waals surface area contributed by atoms with E-state index in [0.29, 0.717) is 31.7 Å². The van der Waals surface area contributed by atoms with E-state index < -0.39 is 17.8 Å². The van der Waals surface area contributed by atoms with Gasteiger partial charge >= 0.3 is 6.01 Å². The van der Waals surface area contributed by atoms with Crippen molar-refractivity contribution in [1.29, 1.82) is 5.26 Å². The van der Waals surface area contributed by atoms with E-state index >= 15 is 0 Å². The molecule has 1 aromatic heterocycles. The first kappa shape index (κ1) is 39.0. The van der Waals surface area contributed by atoms with Gasteiger partial charge in [0.15, 0.2) is 5.83 Å². The second-order valence-electron chi connectivity index (χ2n) is 11.4. The van der Waals surface area contributed by atoms with Crippen LogP contribution in [0.1, 0.15) is 96.4 Å². The Morgan fingerprint density at radius 3 is 2.48 bits per heavy atom. The Kier molecular flexibility index (Phi) is 17.0. The number of carbonyl (C=O) groups is 1. The Hall–Kier alpha value is -3.22. The number of nitriles is 1. The standard InChI is InChI=1S/C32H42ClFN6O2.2C2H6/c1-5-9-27-29(22(2)13-14-24-10-6-7-12-28(24)33)36-32(42-21-26-11-8-17-38(26)4)37-30(27)39-18-19-40(31(41)23(3)34)25(20-39)15-16-35;2*1-2/h6-7,10,12,22,25-26H,3,5,8-9,11,13-15,17-21H2,1-2,4H3;2*1-2H3/t22-,25?,26?;;/m1../s1. The lowest BCUT2D eigenvalue weighted by atomic mass is 9.93. The predicted molar refractivity (Wildman–Crippen MR) is 186 cm³/mol. The lowest BCUT2D eigenvalue weighted by Crippen LogP contribution is -2.55. The van der Waals surface area contributed by atoms with Gasteiger partial charge in [-0.15, -0.1) is 0 Å². The van der Waals surface area contributed by atoms with E-state index in [1.54, 1.807) is 0 Å². The van der Waals surface area contributed by atoms with Crippen LogP contribution in [0.4, 0.5) is 10.2 Å². The average molecular weight is 657 g/mol. The number of amides is 1. The summed E-state index contributed by atoms with van der Waals surface area (Å²) < 4.78 is 20.1. The van der Waals surface area contributed by atoms with Gasteiger partial charge in [-0.3, -0.25) is 4.79 Å². The van der Waals surface area contributed by atoms with Gasteiger partial charge in [-0.05, 0) is 63.2 Å². The number of halogens is 2. The maximum absolute atomic E-state index is 13.8. The number of rotatable bonds is 12. The van der Waals surface area contributed by atoms with Crippen molar-refractivity contribution in [1.82, 2.24) is 19.8 Å². The summed E-state index contributed by atoms with van der Waals surface area (Å²) in [5.41, 5.74) is 3.11. The fraction of sp³-hybridized carbons (Fsp3) is 0.611. The fourth-order valence-corrected chi connectivity index (χ4v) is 6.24. The molecule has 254 valence electrons. The van der Waals surface area contributed by atoms with Gasteiger partial charge in [0.2, 0.25) is 0 Å². The van der Waals surface area contributed by atoms with Crippen LogP contribution in [0.25, 0.3) is 0 Å². The molecule has 10 heteroatoms. The molecular weight excluding hydrogens is 603 g/mol. The number of likely N-dealkylation sites (tertiary alicyclic amines) is 1. The van der Waals surface area contributed by atoms with Gasteiger partial charge in [-0.25, -0.2) is 4.39 Å². The van der Waals surface area contributed by atoms with Gasteiger partial charge in [0.05, 0.1) is 24.2 Å². The lowest BCUT2D eigenvalue weighted by molar-refractivity contribution is -0.131. The van der Waals surface area contributed by atoms with Crippen LogP contribution in [-0.4, -0.2) is 77.6 Å². The molecule has 0 saturated carbocycles. The monoisotopic (exact) mass is 656 g/mol. The molecule has 2 aromatic rings. The number of likely N-dealkylation sites (N-methyl/N-ethyl adjacent to an activating group) is 1. The summed E-state index contributed by atoms with van der Waals surface area (Å²) in [6, 6.07) is 10.3. The molecule has 0 spiro atoms. The summed E-state index contributed by atoms with van der Waals surface area (Å²) in [5.74, 6) is -0.892. The minimum absolute atomic E-state index is 0.0855. The summed E-state index contributed by atoms with van der Waals surface area (Å²) in [6.07, 6.45) is 5.63. The molecule has 2 fully saturated rings. The Morgan fingerprint density at radius 2 is 1.87 bits per heavy atom. The maximum atomic E-state index is 13.8. The summed E-state index contributed by atoms with van der Waals surface area (Å²) in [4.78, 5) is 28.3. The van der Waals surface area contributed by atoms with Crippen LogP contribution in [0.3, 0.4) is 0 Å². The lowest BCUT2D eigenvalue weighted by Gasteiger charge is -2.41. The highest BCUT2D eigenvalue weighted by Gasteiger charge is 2.34. The van der Waals surface area contributed by atoms with E-state index in [-0.39, 0.29) is 18.9 Å². The van der Waals surface area contributed by atoms with Gasteiger partial charge in [-0.2, -0.15) is 15.2 Å². The van der Waals surface area contributed by atoms with E-state index in [4.69, 9.17) is 26.3 Å². The van der Waals surface area contributed by atoms with Gasteiger partial charge in [0.25, 0.3) is 5.91 Å².